The molecule has 0 aliphatic carbocycles. The van der Waals surface area contributed by atoms with Crippen LogP contribution < -0.4 is 11.1 Å². The van der Waals surface area contributed by atoms with Crippen LogP contribution in [0.2, 0.25) is 0 Å². The van der Waals surface area contributed by atoms with Crippen LogP contribution in [0.1, 0.15) is 31.9 Å². The minimum atomic E-state index is -4.52. The SMILES string of the molecule is CC(CN1CCCCC1)Nc1cc(C(F)(F)F)nc(N)n1. The largest absolute Gasteiger partial charge is 0.433 e. The molecule has 0 aromatic carbocycles. The zero-order chi connectivity index (χ0) is 15.5. The highest BCUT2D eigenvalue weighted by molar-refractivity contribution is 5.42. The van der Waals surface area contributed by atoms with Crippen LogP contribution in [0.5, 0.6) is 0 Å². The van der Waals surface area contributed by atoms with E-state index in [1.807, 2.05) is 6.92 Å². The Kier molecular flexibility index (Phi) is 4.87. The summed E-state index contributed by atoms with van der Waals surface area (Å²) < 4.78 is 38.0. The van der Waals surface area contributed by atoms with Crippen LogP contribution in [0.15, 0.2) is 6.07 Å². The minimum Gasteiger partial charge on any atom is -0.368 e. The van der Waals surface area contributed by atoms with E-state index in [4.69, 9.17) is 5.73 Å². The third kappa shape index (κ3) is 4.73. The number of aromatic nitrogens is 2. The van der Waals surface area contributed by atoms with Crippen molar-refractivity contribution in [3.63, 3.8) is 0 Å². The Bertz CT molecular complexity index is 471. The van der Waals surface area contributed by atoms with Gasteiger partial charge in [0.25, 0.3) is 0 Å². The van der Waals surface area contributed by atoms with Crippen molar-refractivity contribution in [3.05, 3.63) is 11.8 Å². The molecule has 0 bridgehead atoms. The Hall–Kier alpha value is -1.57. The van der Waals surface area contributed by atoms with Crippen LogP contribution >= 0.6 is 0 Å². The zero-order valence-electron chi connectivity index (χ0n) is 12.0. The van der Waals surface area contributed by atoms with Gasteiger partial charge in [-0.15, -0.1) is 0 Å². The van der Waals surface area contributed by atoms with Gasteiger partial charge in [0.15, 0.2) is 5.69 Å². The van der Waals surface area contributed by atoms with Crippen LogP contribution in [0.4, 0.5) is 24.9 Å². The van der Waals surface area contributed by atoms with Gasteiger partial charge in [0.1, 0.15) is 5.82 Å². The minimum absolute atomic E-state index is 0.0153. The van der Waals surface area contributed by atoms with E-state index in [1.165, 1.54) is 19.3 Å². The van der Waals surface area contributed by atoms with E-state index >= 15 is 0 Å². The van der Waals surface area contributed by atoms with Crippen molar-refractivity contribution in [2.45, 2.75) is 38.4 Å². The number of likely N-dealkylation sites (tertiary alicyclic amines) is 1. The number of piperidine rings is 1. The monoisotopic (exact) mass is 303 g/mol. The third-order valence-corrected chi connectivity index (χ3v) is 3.41. The molecule has 118 valence electrons. The number of nitrogens with zero attached hydrogens (tertiary/aromatic N) is 3. The summed E-state index contributed by atoms with van der Waals surface area (Å²) in [6, 6.07) is 0.877. The first-order chi connectivity index (χ1) is 9.84. The quantitative estimate of drug-likeness (QED) is 0.894. The van der Waals surface area contributed by atoms with Crippen LogP contribution in [0.25, 0.3) is 0 Å². The topological polar surface area (TPSA) is 67.1 Å². The van der Waals surface area contributed by atoms with Gasteiger partial charge in [-0.2, -0.15) is 18.2 Å². The first-order valence-corrected chi connectivity index (χ1v) is 7.05. The maximum Gasteiger partial charge on any atom is 0.433 e. The average Bonchev–Trinajstić information content (AvgIpc) is 2.37. The first-order valence-electron chi connectivity index (χ1n) is 7.05. The average molecular weight is 303 g/mol. The van der Waals surface area contributed by atoms with Gasteiger partial charge in [0, 0.05) is 18.7 Å². The molecule has 0 amide bonds. The second-order valence-corrected chi connectivity index (χ2v) is 5.40. The van der Waals surface area contributed by atoms with Crippen molar-refractivity contribution in [1.29, 1.82) is 0 Å². The first kappa shape index (κ1) is 15.8. The normalized spacial score (nSPS) is 18.5. The fraction of sp³-hybridized carbons (Fsp3) is 0.692. The molecule has 5 nitrogen and oxygen atoms in total. The summed E-state index contributed by atoms with van der Waals surface area (Å²) in [6.07, 6.45) is -0.934. The van der Waals surface area contributed by atoms with E-state index in [0.29, 0.717) is 0 Å². The fourth-order valence-corrected chi connectivity index (χ4v) is 2.51. The lowest BCUT2D eigenvalue weighted by Gasteiger charge is -2.29. The Labute approximate surface area is 121 Å². The number of nitrogens with two attached hydrogens (primary N) is 1. The lowest BCUT2D eigenvalue weighted by atomic mass is 10.1. The van der Waals surface area contributed by atoms with Crippen molar-refractivity contribution in [1.82, 2.24) is 14.9 Å². The van der Waals surface area contributed by atoms with Gasteiger partial charge in [0.05, 0.1) is 0 Å². The van der Waals surface area contributed by atoms with Crippen molar-refractivity contribution in [2.75, 3.05) is 30.7 Å². The lowest BCUT2D eigenvalue weighted by Crippen LogP contribution is -2.38. The van der Waals surface area contributed by atoms with Crippen LogP contribution in [-0.2, 0) is 6.18 Å². The summed E-state index contributed by atoms with van der Waals surface area (Å²) in [5.41, 5.74) is 4.32. The summed E-state index contributed by atoms with van der Waals surface area (Å²) in [6.45, 7) is 4.75. The molecule has 8 heteroatoms. The molecule has 1 saturated heterocycles. The van der Waals surface area contributed by atoms with Gasteiger partial charge >= 0.3 is 6.18 Å². The van der Waals surface area contributed by atoms with E-state index in [9.17, 15) is 13.2 Å². The Morgan fingerprint density at radius 2 is 1.95 bits per heavy atom. The molecule has 3 N–H and O–H groups in total. The second kappa shape index (κ2) is 6.46. The Morgan fingerprint density at radius 1 is 1.29 bits per heavy atom. The highest BCUT2D eigenvalue weighted by atomic mass is 19.4. The zero-order valence-corrected chi connectivity index (χ0v) is 12.0. The summed E-state index contributed by atoms with van der Waals surface area (Å²) in [7, 11) is 0. The summed E-state index contributed by atoms with van der Waals surface area (Å²) in [4.78, 5) is 9.34. The highest BCUT2D eigenvalue weighted by Crippen LogP contribution is 2.29. The smallest absolute Gasteiger partial charge is 0.368 e. The molecule has 1 aromatic heterocycles. The number of alkyl halides is 3. The highest BCUT2D eigenvalue weighted by Gasteiger charge is 2.33. The maximum atomic E-state index is 12.7. The standard InChI is InChI=1S/C13H20F3N5/c1-9(8-21-5-3-2-4-6-21)18-11-7-10(13(14,15)16)19-12(17)20-11/h7,9H,2-6,8H2,1H3,(H3,17,18,19,20). The molecule has 0 radical (unpaired) electrons. The van der Waals surface area contributed by atoms with Crippen molar-refractivity contribution in [3.8, 4) is 0 Å². The predicted octanol–water partition coefficient (Wildman–Crippen LogP) is 2.36. The van der Waals surface area contributed by atoms with Gasteiger partial charge in [-0.3, -0.25) is 0 Å². The molecule has 1 aliphatic rings. The number of anilines is 2. The van der Waals surface area contributed by atoms with Crippen LogP contribution in [0.3, 0.4) is 0 Å². The Morgan fingerprint density at radius 3 is 2.57 bits per heavy atom. The van der Waals surface area contributed by atoms with E-state index in [0.717, 1.165) is 25.7 Å². The van der Waals surface area contributed by atoms with Gasteiger partial charge < -0.3 is 16.0 Å². The maximum absolute atomic E-state index is 12.7. The molecule has 1 fully saturated rings. The van der Waals surface area contributed by atoms with E-state index in [2.05, 4.69) is 20.2 Å². The number of halogens is 3. The predicted molar refractivity (Wildman–Crippen MR) is 74.8 cm³/mol. The van der Waals surface area contributed by atoms with E-state index < -0.39 is 11.9 Å². The van der Waals surface area contributed by atoms with Gasteiger partial charge in [-0.25, -0.2) is 4.98 Å². The second-order valence-electron chi connectivity index (χ2n) is 5.40. The van der Waals surface area contributed by atoms with Crippen molar-refractivity contribution >= 4 is 11.8 Å². The third-order valence-electron chi connectivity index (χ3n) is 3.41. The molecule has 1 atom stereocenters. The van der Waals surface area contributed by atoms with Crippen LogP contribution in [0, 0.1) is 0 Å². The fourth-order valence-electron chi connectivity index (χ4n) is 2.51. The van der Waals surface area contributed by atoms with Gasteiger partial charge in [-0.05, 0) is 32.9 Å². The molecule has 2 heterocycles. The number of hydrogen-bond donors (Lipinski definition) is 2. The molecule has 21 heavy (non-hydrogen) atoms. The summed E-state index contributed by atoms with van der Waals surface area (Å²) in [5, 5.41) is 2.97. The van der Waals surface area contributed by atoms with Gasteiger partial charge in [0.2, 0.25) is 5.95 Å². The number of hydrogen-bond acceptors (Lipinski definition) is 5. The molecule has 0 spiro atoms. The molecule has 1 unspecified atom stereocenters. The molecule has 1 aliphatic heterocycles. The molecular weight excluding hydrogens is 283 g/mol. The van der Waals surface area contributed by atoms with Crippen molar-refractivity contribution in [2.24, 2.45) is 0 Å². The Balaban J connectivity index is 1.99. The number of rotatable bonds is 4. The molecule has 2 rings (SSSR count). The number of nitrogen functional groups attached to an aromatic ring is 1. The molecule has 0 saturated carbocycles. The van der Waals surface area contributed by atoms with Gasteiger partial charge in [-0.1, -0.05) is 6.42 Å². The molecule has 1 aromatic rings. The van der Waals surface area contributed by atoms with E-state index in [-0.39, 0.29) is 17.8 Å². The van der Waals surface area contributed by atoms with Crippen LogP contribution in [-0.4, -0.2) is 40.5 Å². The summed E-state index contributed by atoms with van der Waals surface area (Å²) in [5.74, 6) is -0.267. The summed E-state index contributed by atoms with van der Waals surface area (Å²) >= 11 is 0. The number of nitrogens with one attached hydrogen (secondary N) is 1. The van der Waals surface area contributed by atoms with Crippen molar-refractivity contribution < 1.29 is 13.2 Å². The lowest BCUT2D eigenvalue weighted by molar-refractivity contribution is -0.141. The molecular formula is C13H20F3N5. The van der Waals surface area contributed by atoms with E-state index in [1.54, 1.807) is 0 Å².